The fourth-order valence-corrected chi connectivity index (χ4v) is 4.66. The highest BCUT2D eigenvalue weighted by molar-refractivity contribution is 5.94. The van der Waals surface area contributed by atoms with Crippen molar-refractivity contribution in [2.45, 2.75) is 50.4 Å². The Bertz CT molecular complexity index is 1140. The lowest BCUT2D eigenvalue weighted by atomic mass is 9.88. The lowest BCUT2D eigenvalue weighted by molar-refractivity contribution is -0.0802. The normalized spacial score (nSPS) is 23.5. The lowest BCUT2D eigenvalue weighted by Crippen LogP contribution is -2.53. The lowest BCUT2D eigenvalue weighted by Gasteiger charge is -2.41. The molecule has 0 aliphatic carbocycles. The summed E-state index contributed by atoms with van der Waals surface area (Å²) in [5.74, 6) is -1.96. The predicted molar refractivity (Wildman–Crippen MR) is 113 cm³/mol. The number of fused-ring (bicyclic) bond motifs is 2. The Morgan fingerprint density at radius 1 is 1.36 bits per heavy atom. The standard InChI is InChI=1S/C22H25FN4O6/c1-3-14-15-8-9-22(11-33-15,26(2)21(31)32)20-25-16(17(28)19(30)27(14)20)18(29)24-10-12-4-6-13(23)7-5-12/h4-7,14-15,28H,3,8-11H2,1-2H3,(H,24,29)(H,31,32). The summed E-state index contributed by atoms with van der Waals surface area (Å²) in [5, 5.41) is 22.9. The van der Waals surface area contributed by atoms with Gasteiger partial charge in [0.1, 0.15) is 17.2 Å². The van der Waals surface area contributed by atoms with E-state index >= 15 is 0 Å². The molecule has 1 aromatic heterocycles. The number of ether oxygens (including phenoxy) is 1. The van der Waals surface area contributed by atoms with Crippen LogP contribution in [-0.4, -0.2) is 56.4 Å². The highest BCUT2D eigenvalue weighted by atomic mass is 19.1. The molecule has 3 atom stereocenters. The molecular formula is C22H25FN4O6. The Morgan fingerprint density at radius 2 is 2.06 bits per heavy atom. The number of aromatic hydroxyl groups is 1. The maximum absolute atomic E-state index is 13.3. The number of hydrogen-bond donors (Lipinski definition) is 3. The molecule has 0 spiro atoms. The van der Waals surface area contributed by atoms with Crippen LogP contribution in [-0.2, 0) is 16.8 Å². The number of carbonyl (C=O) groups excluding carboxylic acids is 1. The summed E-state index contributed by atoms with van der Waals surface area (Å²) in [5.41, 5.74) is -1.99. The molecule has 1 fully saturated rings. The van der Waals surface area contributed by atoms with E-state index in [1.807, 2.05) is 6.92 Å². The molecule has 11 heteroatoms. The molecule has 2 amide bonds. The molecule has 33 heavy (non-hydrogen) atoms. The molecule has 1 saturated heterocycles. The van der Waals surface area contributed by atoms with Crippen molar-refractivity contribution in [2.24, 2.45) is 0 Å². The van der Waals surface area contributed by atoms with Crippen molar-refractivity contribution in [3.8, 4) is 5.75 Å². The van der Waals surface area contributed by atoms with Gasteiger partial charge in [-0.05, 0) is 37.0 Å². The number of nitrogens with zero attached hydrogens (tertiary/aromatic N) is 3. The van der Waals surface area contributed by atoms with E-state index in [1.54, 1.807) is 0 Å². The summed E-state index contributed by atoms with van der Waals surface area (Å²) in [6.45, 7) is 1.85. The molecule has 3 unspecified atom stereocenters. The highest BCUT2D eigenvalue weighted by Gasteiger charge is 2.52. The zero-order chi connectivity index (χ0) is 23.9. The summed E-state index contributed by atoms with van der Waals surface area (Å²) in [6.07, 6.45) is -0.245. The van der Waals surface area contributed by atoms with Crippen molar-refractivity contribution in [2.75, 3.05) is 13.7 Å². The molecule has 4 heterocycles. The quantitative estimate of drug-likeness (QED) is 0.621. The molecule has 3 aliphatic heterocycles. The highest BCUT2D eigenvalue weighted by Crippen LogP contribution is 2.44. The van der Waals surface area contributed by atoms with Gasteiger partial charge in [-0.1, -0.05) is 19.1 Å². The number of benzene rings is 1. The van der Waals surface area contributed by atoms with Crippen molar-refractivity contribution in [1.82, 2.24) is 19.8 Å². The van der Waals surface area contributed by atoms with Crippen molar-refractivity contribution in [1.29, 1.82) is 0 Å². The smallest absolute Gasteiger partial charge is 0.407 e. The van der Waals surface area contributed by atoms with Crippen LogP contribution >= 0.6 is 0 Å². The zero-order valence-electron chi connectivity index (χ0n) is 18.2. The Morgan fingerprint density at radius 3 is 2.64 bits per heavy atom. The average molecular weight is 460 g/mol. The van der Waals surface area contributed by atoms with Crippen LogP contribution in [0.2, 0.25) is 0 Å². The first-order chi connectivity index (χ1) is 15.7. The van der Waals surface area contributed by atoms with Crippen LogP contribution in [0, 0.1) is 5.82 Å². The van der Waals surface area contributed by atoms with Gasteiger partial charge in [0.2, 0.25) is 5.75 Å². The third-order valence-electron chi connectivity index (χ3n) is 6.58. The van der Waals surface area contributed by atoms with Gasteiger partial charge in [0.25, 0.3) is 11.5 Å². The van der Waals surface area contributed by atoms with Crippen LogP contribution in [0.4, 0.5) is 9.18 Å². The molecular weight excluding hydrogens is 435 g/mol. The van der Waals surface area contributed by atoms with E-state index in [0.717, 1.165) is 4.90 Å². The van der Waals surface area contributed by atoms with E-state index in [1.165, 1.54) is 35.9 Å². The Hall–Kier alpha value is -3.47. The fraction of sp³-hybridized carbons (Fsp3) is 0.455. The van der Waals surface area contributed by atoms with Crippen LogP contribution in [0.15, 0.2) is 29.1 Å². The van der Waals surface area contributed by atoms with E-state index in [-0.39, 0.29) is 25.1 Å². The second-order valence-electron chi connectivity index (χ2n) is 8.35. The number of carbonyl (C=O) groups is 2. The zero-order valence-corrected chi connectivity index (χ0v) is 18.2. The van der Waals surface area contributed by atoms with Crippen molar-refractivity contribution >= 4 is 12.0 Å². The minimum absolute atomic E-state index is 0.0155. The molecule has 2 aromatic rings. The van der Waals surface area contributed by atoms with Crippen molar-refractivity contribution in [3.63, 3.8) is 0 Å². The number of rotatable bonds is 5. The van der Waals surface area contributed by atoms with Gasteiger partial charge in [0.15, 0.2) is 5.69 Å². The number of hydrogen-bond acceptors (Lipinski definition) is 6. The predicted octanol–water partition coefficient (Wildman–Crippen LogP) is 1.97. The third kappa shape index (κ3) is 3.71. The molecule has 5 rings (SSSR count). The summed E-state index contributed by atoms with van der Waals surface area (Å²) < 4.78 is 20.4. The van der Waals surface area contributed by atoms with Gasteiger partial charge in [-0.3, -0.25) is 19.1 Å². The Labute approximate surface area is 188 Å². The summed E-state index contributed by atoms with van der Waals surface area (Å²) in [4.78, 5) is 43.5. The van der Waals surface area contributed by atoms with Gasteiger partial charge in [-0.15, -0.1) is 0 Å². The molecule has 10 nitrogen and oxygen atoms in total. The molecule has 3 N–H and O–H groups in total. The molecule has 3 aliphatic rings. The van der Waals surface area contributed by atoms with Gasteiger partial charge in [0.05, 0.1) is 18.8 Å². The van der Waals surface area contributed by atoms with Crippen LogP contribution in [0.3, 0.4) is 0 Å². The number of aromatic nitrogens is 2. The fourth-order valence-electron chi connectivity index (χ4n) is 4.66. The molecule has 2 bridgehead atoms. The van der Waals surface area contributed by atoms with Crippen molar-refractivity contribution in [3.05, 3.63) is 57.5 Å². The van der Waals surface area contributed by atoms with Gasteiger partial charge in [-0.2, -0.15) is 0 Å². The van der Waals surface area contributed by atoms with Gasteiger partial charge >= 0.3 is 6.09 Å². The SMILES string of the molecule is CCC1C2CCC(N(C)C(=O)O)(CO2)c2nc(C(=O)NCc3ccc(F)cc3)c(O)c(=O)n21. The minimum atomic E-state index is -1.29. The summed E-state index contributed by atoms with van der Waals surface area (Å²) >= 11 is 0. The maximum atomic E-state index is 13.3. The van der Waals surface area contributed by atoms with Gasteiger partial charge in [0, 0.05) is 13.6 Å². The number of carboxylic acid groups (broad SMARTS) is 1. The monoisotopic (exact) mass is 460 g/mol. The summed E-state index contributed by atoms with van der Waals surface area (Å²) in [7, 11) is 1.37. The summed E-state index contributed by atoms with van der Waals surface area (Å²) in [6, 6.07) is 5.02. The van der Waals surface area contributed by atoms with E-state index in [2.05, 4.69) is 10.3 Å². The second kappa shape index (κ2) is 8.47. The molecule has 176 valence electrons. The van der Waals surface area contributed by atoms with Gasteiger partial charge in [-0.25, -0.2) is 14.2 Å². The van der Waals surface area contributed by atoms with E-state index in [4.69, 9.17) is 4.74 Å². The maximum Gasteiger partial charge on any atom is 0.407 e. The second-order valence-corrected chi connectivity index (χ2v) is 8.35. The van der Waals surface area contributed by atoms with Crippen LogP contribution in [0.25, 0.3) is 0 Å². The average Bonchev–Trinajstić information content (AvgIpc) is 3.03. The number of nitrogens with one attached hydrogen (secondary N) is 1. The van der Waals surface area contributed by atoms with Crippen LogP contribution in [0.5, 0.6) is 5.75 Å². The largest absolute Gasteiger partial charge is 0.501 e. The van der Waals surface area contributed by atoms with E-state index in [9.17, 15) is 29.0 Å². The molecule has 1 aromatic carbocycles. The number of amides is 2. The van der Waals surface area contributed by atoms with E-state index in [0.29, 0.717) is 24.8 Å². The minimum Gasteiger partial charge on any atom is -0.501 e. The first-order valence-corrected chi connectivity index (χ1v) is 10.7. The number of halogens is 1. The topological polar surface area (TPSA) is 134 Å². The molecule has 0 radical (unpaired) electrons. The van der Waals surface area contributed by atoms with Crippen molar-refractivity contribution < 1.29 is 28.9 Å². The Balaban J connectivity index is 1.80. The first-order valence-electron chi connectivity index (χ1n) is 10.7. The van der Waals surface area contributed by atoms with E-state index < -0.39 is 46.4 Å². The van der Waals surface area contributed by atoms with Crippen LogP contribution in [0.1, 0.15) is 54.1 Å². The first kappa shape index (κ1) is 22.7. The Kier molecular flexibility index (Phi) is 5.83. The van der Waals surface area contributed by atoms with Gasteiger partial charge < -0.3 is 20.3 Å². The third-order valence-corrected chi connectivity index (χ3v) is 6.58. The number of likely N-dealkylation sites (N-methyl/N-ethyl adjacent to an activating group) is 1. The molecule has 0 saturated carbocycles. The van der Waals surface area contributed by atoms with Crippen LogP contribution < -0.4 is 10.9 Å².